The van der Waals surface area contributed by atoms with Crippen LogP contribution in [0.15, 0.2) is 59.5 Å². The lowest BCUT2D eigenvalue weighted by Gasteiger charge is -2.06. The van der Waals surface area contributed by atoms with Gasteiger partial charge in [0.1, 0.15) is 0 Å². The standard InChI is InChI=1S/C15H17NS/c1-12(16)14-7-9-15(10-8-14)17-11-13-5-3-2-4-6-13/h2-10,12H,11,16H2,1H3. The molecule has 0 amide bonds. The van der Waals surface area contributed by atoms with Crippen molar-refractivity contribution in [2.24, 2.45) is 5.73 Å². The molecule has 1 unspecified atom stereocenters. The largest absolute Gasteiger partial charge is 0.324 e. The third-order valence-electron chi connectivity index (χ3n) is 2.65. The summed E-state index contributed by atoms with van der Waals surface area (Å²) < 4.78 is 0. The van der Waals surface area contributed by atoms with Crippen LogP contribution >= 0.6 is 11.8 Å². The molecule has 88 valence electrons. The lowest BCUT2D eigenvalue weighted by molar-refractivity contribution is 0.817. The minimum Gasteiger partial charge on any atom is -0.324 e. The van der Waals surface area contributed by atoms with Crippen molar-refractivity contribution in [2.45, 2.75) is 23.6 Å². The van der Waals surface area contributed by atoms with Gasteiger partial charge in [0.15, 0.2) is 0 Å². The zero-order chi connectivity index (χ0) is 12.1. The van der Waals surface area contributed by atoms with E-state index in [1.54, 1.807) is 0 Å². The van der Waals surface area contributed by atoms with Crippen LogP contribution in [0.5, 0.6) is 0 Å². The molecule has 1 nitrogen and oxygen atoms in total. The first kappa shape index (κ1) is 12.2. The van der Waals surface area contributed by atoms with Gasteiger partial charge in [-0.1, -0.05) is 42.5 Å². The summed E-state index contributed by atoms with van der Waals surface area (Å²) in [6.07, 6.45) is 0. The fraction of sp³-hybridized carbons (Fsp3) is 0.200. The molecule has 2 heteroatoms. The molecule has 0 radical (unpaired) electrons. The normalized spacial score (nSPS) is 12.4. The lowest BCUT2D eigenvalue weighted by atomic mass is 10.1. The zero-order valence-corrected chi connectivity index (χ0v) is 10.8. The van der Waals surface area contributed by atoms with Gasteiger partial charge in [0, 0.05) is 16.7 Å². The summed E-state index contributed by atoms with van der Waals surface area (Å²) in [7, 11) is 0. The summed E-state index contributed by atoms with van der Waals surface area (Å²) in [6.45, 7) is 2.01. The van der Waals surface area contributed by atoms with Gasteiger partial charge in [-0.2, -0.15) is 0 Å². The maximum Gasteiger partial charge on any atom is 0.0266 e. The second-order valence-electron chi connectivity index (χ2n) is 4.13. The fourth-order valence-electron chi connectivity index (χ4n) is 1.61. The maximum atomic E-state index is 5.82. The van der Waals surface area contributed by atoms with E-state index in [0.717, 1.165) is 5.75 Å². The molecule has 0 bridgehead atoms. The third kappa shape index (κ3) is 3.62. The van der Waals surface area contributed by atoms with Crippen LogP contribution in [-0.4, -0.2) is 0 Å². The van der Waals surface area contributed by atoms with Crippen molar-refractivity contribution in [3.63, 3.8) is 0 Å². The van der Waals surface area contributed by atoms with E-state index < -0.39 is 0 Å². The Morgan fingerprint density at radius 3 is 2.24 bits per heavy atom. The van der Waals surface area contributed by atoms with Crippen LogP contribution in [0.4, 0.5) is 0 Å². The van der Waals surface area contributed by atoms with Gasteiger partial charge in [-0.05, 0) is 30.2 Å². The van der Waals surface area contributed by atoms with E-state index >= 15 is 0 Å². The summed E-state index contributed by atoms with van der Waals surface area (Å²) in [6, 6.07) is 19.1. The summed E-state index contributed by atoms with van der Waals surface area (Å²) in [5.74, 6) is 1.01. The lowest BCUT2D eigenvalue weighted by Crippen LogP contribution is -2.04. The van der Waals surface area contributed by atoms with E-state index in [1.165, 1.54) is 16.0 Å². The fourth-order valence-corrected chi connectivity index (χ4v) is 2.46. The van der Waals surface area contributed by atoms with Gasteiger partial charge in [0.2, 0.25) is 0 Å². The van der Waals surface area contributed by atoms with Crippen molar-refractivity contribution in [1.29, 1.82) is 0 Å². The van der Waals surface area contributed by atoms with E-state index in [1.807, 2.05) is 24.8 Å². The third-order valence-corrected chi connectivity index (χ3v) is 3.74. The van der Waals surface area contributed by atoms with E-state index in [4.69, 9.17) is 5.73 Å². The smallest absolute Gasteiger partial charge is 0.0266 e. The molecule has 0 aliphatic rings. The molecule has 0 aliphatic carbocycles. The highest BCUT2D eigenvalue weighted by molar-refractivity contribution is 7.98. The van der Waals surface area contributed by atoms with E-state index in [0.29, 0.717) is 0 Å². The molecule has 0 saturated carbocycles. The van der Waals surface area contributed by atoms with E-state index in [9.17, 15) is 0 Å². The number of benzene rings is 2. The molecule has 0 spiro atoms. The first-order valence-electron chi connectivity index (χ1n) is 5.78. The van der Waals surface area contributed by atoms with Crippen LogP contribution < -0.4 is 5.73 Å². The average molecular weight is 243 g/mol. The molecule has 0 aromatic heterocycles. The van der Waals surface area contributed by atoms with Gasteiger partial charge in [0.25, 0.3) is 0 Å². The Balaban J connectivity index is 1.96. The van der Waals surface area contributed by atoms with Crippen molar-refractivity contribution >= 4 is 11.8 Å². The van der Waals surface area contributed by atoms with Crippen molar-refractivity contribution in [2.75, 3.05) is 0 Å². The van der Waals surface area contributed by atoms with Gasteiger partial charge in [-0.25, -0.2) is 0 Å². The molecular weight excluding hydrogens is 226 g/mol. The van der Waals surface area contributed by atoms with Gasteiger partial charge in [0.05, 0.1) is 0 Å². The minimum absolute atomic E-state index is 0.114. The molecule has 2 aromatic rings. The molecule has 17 heavy (non-hydrogen) atoms. The summed E-state index contributed by atoms with van der Waals surface area (Å²) in [4.78, 5) is 1.29. The Hall–Kier alpha value is -1.25. The predicted octanol–water partition coefficient (Wildman–Crippen LogP) is 4.00. The molecule has 1 atom stereocenters. The van der Waals surface area contributed by atoms with Crippen molar-refractivity contribution in [3.05, 3.63) is 65.7 Å². The Morgan fingerprint density at radius 2 is 1.65 bits per heavy atom. The van der Waals surface area contributed by atoms with Crippen LogP contribution in [0.2, 0.25) is 0 Å². The summed E-state index contributed by atoms with van der Waals surface area (Å²) in [5, 5.41) is 0. The van der Waals surface area contributed by atoms with Crippen LogP contribution in [-0.2, 0) is 5.75 Å². The van der Waals surface area contributed by atoms with Crippen LogP contribution in [0, 0.1) is 0 Å². The van der Waals surface area contributed by atoms with Crippen molar-refractivity contribution in [1.82, 2.24) is 0 Å². The first-order chi connectivity index (χ1) is 8.25. The molecular formula is C15H17NS. The van der Waals surface area contributed by atoms with E-state index in [2.05, 4.69) is 48.5 Å². The second kappa shape index (κ2) is 5.89. The average Bonchev–Trinajstić information content (AvgIpc) is 2.38. The second-order valence-corrected chi connectivity index (χ2v) is 5.18. The monoisotopic (exact) mass is 243 g/mol. The van der Waals surface area contributed by atoms with Gasteiger partial charge < -0.3 is 5.73 Å². The van der Waals surface area contributed by atoms with Crippen LogP contribution in [0.25, 0.3) is 0 Å². The van der Waals surface area contributed by atoms with Gasteiger partial charge in [-0.15, -0.1) is 11.8 Å². The number of nitrogens with two attached hydrogens (primary N) is 1. The number of hydrogen-bond acceptors (Lipinski definition) is 2. The molecule has 2 aromatic carbocycles. The highest BCUT2D eigenvalue weighted by Crippen LogP contribution is 2.23. The molecule has 2 N–H and O–H groups in total. The van der Waals surface area contributed by atoms with Gasteiger partial charge in [-0.3, -0.25) is 0 Å². The highest BCUT2D eigenvalue weighted by Gasteiger charge is 2.00. The van der Waals surface area contributed by atoms with Crippen molar-refractivity contribution in [3.8, 4) is 0 Å². The molecule has 0 saturated heterocycles. The first-order valence-corrected chi connectivity index (χ1v) is 6.76. The molecule has 0 fully saturated rings. The Morgan fingerprint density at radius 1 is 1.00 bits per heavy atom. The quantitative estimate of drug-likeness (QED) is 0.821. The van der Waals surface area contributed by atoms with Crippen LogP contribution in [0.3, 0.4) is 0 Å². The Labute approximate surface area is 107 Å². The van der Waals surface area contributed by atoms with Crippen molar-refractivity contribution < 1.29 is 0 Å². The topological polar surface area (TPSA) is 26.0 Å². The SMILES string of the molecule is CC(N)c1ccc(SCc2ccccc2)cc1. The van der Waals surface area contributed by atoms with Crippen LogP contribution in [0.1, 0.15) is 24.1 Å². The predicted molar refractivity (Wildman–Crippen MR) is 75.0 cm³/mol. The Bertz CT molecular complexity index is 448. The number of hydrogen-bond donors (Lipinski definition) is 1. The number of thioether (sulfide) groups is 1. The highest BCUT2D eigenvalue weighted by atomic mass is 32.2. The molecule has 2 rings (SSSR count). The maximum absolute atomic E-state index is 5.82. The minimum atomic E-state index is 0.114. The Kier molecular flexibility index (Phi) is 4.24. The molecule has 0 aliphatic heterocycles. The zero-order valence-electron chi connectivity index (χ0n) is 9.97. The summed E-state index contributed by atoms with van der Waals surface area (Å²) in [5.41, 5.74) is 8.37. The van der Waals surface area contributed by atoms with E-state index in [-0.39, 0.29) is 6.04 Å². The summed E-state index contributed by atoms with van der Waals surface area (Å²) >= 11 is 1.85. The molecule has 0 heterocycles. The number of rotatable bonds is 4. The van der Waals surface area contributed by atoms with Gasteiger partial charge >= 0.3 is 0 Å².